The molecule has 0 amide bonds. The third-order valence-corrected chi connectivity index (χ3v) is 4.25. The minimum Gasteiger partial charge on any atom is -0.480 e. The molecule has 26 heavy (non-hydrogen) atoms. The van der Waals surface area contributed by atoms with E-state index in [4.69, 9.17) is 9.72 Å². The number of hydrogen-bond donors (Lipinski definition) is 0. The van der Waals surface area contributed by atoms with Gasteiger partial charge < -0.3 is 4.74 Å². The zero-order valence-electron chi connectivity index (χ0n) is 14.2. The molecule has 0 bridgehead atoms. The Morgan fingerprint density at radius 1 is 0.808 bits per heavy atom. The van der Waals surface area contributed by atoms with Crippen molar-refractivity contribution in [1.82, 2.24) is 9.97 Å². The van der Waals surface area contributed by atoms with Gasteiger partial charge in [-0.05, 0) is 17.7 Å². The van der Waals surface area contributed by atoms with E-state index in [9.17, 15) is 5.26 Å². The first-order valence-electron chi connectivity index (χ1n) is 8.21. The van der Waals surface area contributed by atoms with Crippen LogP contribution in [0.3, 0.4) is 0 Å². The molecule has 4 nitrogen and oxygen atoms in total. The Labute approximate surface area is 151 Å². The van der Waals surface area contributed by atoms with E-state index >= 15 is 0 Å². The molecule has 0 aliphatic heterocycles. The van der Waals surface area contributed by atoms with Crippen LogP contribution in [0.15, 0.2) is 72.8 Å². The van der Waals surface area contributed by atoms with Gasteiger partial charge in [-0.1, -0.05) is 60.7 Å². The Bertz CT molecular complexity index is 1120. The number of pyridine rings is 2. The molecule has 0 saturated carbocycles. The van der Waals surface area contributed by atoms with E-state index in [-0.39, 0.29) is 5.88 Å². The fourth-order valence-corrected chi connectivity index (χ4v) is 3.05. The first kappa shape index (κ1) is 15.8. The summed E-state index contributed by atoms with van der Waals surface area (Å²) in [5, 5.41) is 10.5. The molecule has 4 aromatic rings. The van der Waals surface area contributed by atoms with E-state index in [1.807, 2.05) is 72.8 Å². The summed E-state index contributed by atoms with van der Waals surface area (Å²) in [7, 11) is 1.52. The average Bonchev–Trinajstić information content (AvgIpc) is 2.73. The van der Waals surface area contributed by atoms with E-state index in [0.29, 0.717) is 11.2 Å². The second kappa shape index (κ2) is 6.66. The van der Waals surface area contributed by atoms with Crippen LogP contribution in [0.1, 0.15) is 5.56 Å². The fraction of sp³-hybridized carbons (Fsp3) is 0.0455. The lowest BCUT2D eigenvalue weighted by atomic mass is 9.97. The molecular formula is C22H15N3O. The summed E-state index contributed by atoms with van der Waals surface area (Å²) in [5.74, 6) is 0.288. The SMILES string of the molecule is COc1nc2nc(-c3ccccc3)ccc2c(-c2ccccc2)c1C#N. The number of aromatic nitrogens is 2. The van der Waals surface area contributed by atoms with Crippen molar-refractivity contribution < 1.29 is 4.74 Å². The maximum Gasteiger partial charge on any atom is 0.234 e. The number of ether oxygens (including phenoxy) is 1. The number of methoxy groups -OCH3 is 1. The molecule has 0 fully saturated rings. The second-order valence-corrected chi connectivity index (χ2v) is 5.78. The van der Waals surface area contributed by atoms with Crippen LogP contribution in [0.4, 0.5) is 0 Å². The number of fused-ring (bicyclic) bond motifs is 1. The Hall–Kier alpha value is -3.71. The van der Waals surface area contributed by atoms with Crippen LogP contribution in [0, 0.1) is 11.3 Å². The van der Waals surface area contributed by atoms with Crippen LogP contribution in [-0.4, -0.2) is 17.1 Å². The standard InChI is InChI=1S/C22H15N3O/c1-26-22-18(14-23)20(16-10-6-3-7-11-16)17-12-13-19(24-21(17)25-22)15-8-4-2-5-9-15/h2-13H,1H3. The first-order valence-corrected chi connectivity index (χ1v) is 8.21. The third kappa shape index (κ3) is 2.66. The number of nitrogens with zero attached hydrogens (tertiary/aromatic N) is 3. The van der Waals surface area contributed by atoms with Crippen LogP contribution in [0.25, 0.3) is 33.4 Å². The van der Waals surface area contributed by atoms with Gasteiger partial charge in [0.25, 0.3) is 0 Å². The van der Waals surface area contributed by atoms with Crippen LogP contribution < -0.4 is 4.74 Å². The molecule has 0 saturated heterocycles. The van der Waals surface area contributed by atoms with E-state index in [1.54, 1.807) is 0 Å². The van der Waals surface area contributed by atoms with Crippen molar-refractivity contribution >= 4 is 11.0 Å². The number of nitriles is 1. The Balaban J connectivity index is 2.04. The molecule has 2 aromatic heterocycles. The van der Waals surface area contributed by atoms with Crippen LogP contribution >= 0.6 is 0 Å². The highest BCUT2D eigenvalue weighted by Gasteiger charge is 2.18. The summed E-state index contributed by atoms with van der Waals surface area (Å²) < 4.78 is 5.38. The predicted octanol–water partition coefficient (Wildman–Crippen LogP) is 4.84. The lowest BCUT2D eigenvalue weighted by Gasteiger charge is -2.12. The minimum absolute atomic E-state index is 0.288. The van der Waals surface area contributed by atoms with Crippen molar-refractivity contribution in [3.8, 4) is 34.3 Å². The van der Waals surface area contributed by atoms with Crippen molar-refractivity contribution in [3.63, 3.8) is 0 Å². The molecule has 2 aromatic carbocycles. The third-order valence-electron chi connectivity index (χ3n) is 4.25. The Morgan fingerprint density at radius 3 is 2.08 bits per heavy atom. The number of rotatable bonds is 3. The molecule has 0 unspecified atom stereocenters. The van der Waals surface area contributed by atoms with Crippen molar-refractivity contribution in [2.75, 3.05) is 7.11 Å². The molecule has 0 spiro atoms. The normalized spacial score (nSPS) is 10.5. The highest BCUT2D eigenvalue weighted by atomic mass is 16.5. The van der Waals surface area contributed by atoms with Crippen molar-refractivity contribution in [2.24, 2.45) is 0 Å². The van der Waals surface area contributed by atoms with Gasteiger partial charge in [0.05, 0.1) is 12.8 Å². The van der Waals surface area contributed by atoms with Gasteiger partial charge in [-0.15, -0.1) is 0 Å². The highest BCUT2D eigenvalue weighted by Crippen LogP contribution is 2.35. The van der Waals surface area contributed by atoms with Gasteiger partial charge in [0.1, 0.15) is 11.6 Å². The summed E-state index contributed by atoms with van der Waals surface area (Å²) in [6, 6.07) is 25.9. The molecule has 0 aliphatic carbocycles. The molecular weight excluding hydrogens is 322 g/mol. The van der Waals surface area contributed by atoms with Crippen LogP contribution in [-0.2, 0) is 0 Å². The highest BCUT2D eigenvalue weighted by molar-refractivity contribution is 5.97. The maximum absolute atomic E-state index is 9.69. The van der Waals surface area contributed by atoms with Gasteiger partial charge in [0.15, 0.2) is 5.65 Å². The maximum atomic E-state index is 9.69. The number of benzene rings is 2. The van der Waals surface area contributed by atoms with E-state index in [1.165, 1.54) is 7.11 Å². The zero-order chi connectivity index (χ0) is 17.9. The second-order valence-electron chi connectivity index (χ2n) is 5.78. The van der Waals surface area contributed by atoms with Crippen LogP contribution in [0.5, 0.6) is 5.88 Å². The van der Waals surface area contributed by atoms with Gasteiger partial charge in [-0.2, -0.15) is 10.2 Å². The quantitative estimate of drug-likeness (QED) is 0.536. The fourth-order valence-electron chi connectivity index (χ4n) is 3.05. The van der Waals surface area contributed by atoms with Gasteiger partial charge >= 0.3 is 0 Å². The van der Waals surface area contributed by atoms with E-state index < -0.39 is 0 Å². The lowest BCUT2D eigenvalue weighted by Crippen LogP contribution is -1.99. The summed E-state index contributed by atoms with van der Waals surface area (Å²) in [4.78, 5) is 9.20. The van der Waals surface area contributed by atoms with Gasteiger partial charge in [-0.3, -0.25) is 0 Å². The molecule has 4 rings (SSSR count). The Kier molecular flexibility index (Phi) is 4.04. The topological polar surface area (TPSA) is 58.8 Å². The minimum atomic E-state index is 0.288. The smallest absolute Gasteiger partial charge is 0.234 e. The Morgan fingerprint density at radius 2 is 1.46 bits per heavy atom. The lowest BCUT2D eigenvalue weighted by molar-refractivity contribution is 0.398. The molecule has 0 radical (unpaired) electrons. The van der Waals surface area contributed by atoms with Crippen molar-refractivity contribution in [3.05, 3.63) is 78.4 Å². The number of hydrogen-bond acceptors (Lipinski definition) is 4. The van der Waals surface area contributed by atoms with Gasteiger partial charge in [0, 0.05) is 16.5 Å². The zero-order valence-corrected chi connectivity index (χ0v) is 14.2. The van der Waals surface area contributed by atoms with E-state index in [2.05, 4.69) is 11.1 Å². The van der Waals surface area contributed by atoms with Crippen LogP contribution in [0.2, 0.25) is 0 Å². The molecule has 2 heterocycles. The predicted molar refractivity (Wildman–Crippen MR) is 102 cm³/mol. The van der Waals surface area contributed by atoms with Gasteiger partial charge in [-0.25, -0.2) is 4.98 Å². The molecule has 4 heteroatoms. The molecule has 0 N–H and O–H groups in total. The summed E-state index contributed by atoms with van der Waals surface area (Å²) >= 11 is 0. The molecule has 0 aliphatic rings. The average molecular weight is 337 g/mol. The summed E-state index contributed by atoms with van der Waals surface area (Å²) in [5.41, 5.74) is 4.55. The molecule has 124 valence electrons. The van der Waals surface area contributed by atoms with Crippen molar-refractivity contribution in [2.45, 2.75) is 0 Å². The first-order chi connectivity index (χ1) is 12.8. The summed E-state index contributed by atoms with van der Waals surface area (Å²) in [6.45, 7) is 0. The van der Waals surface area contributed by atoms with Gasteiger partial charge in [0.2, 0.25) is 5.88 Å². The monoisotopic (exact) mass is 337 g/mol. The van der Waals surface area contributed by atoms with Crippen molar-refractivity contribution in [1.29, 1.82) is 5.26 Å². The van der Waals surface area contributed by atoms with E-state index in [0.717, 1.165) is 27.8 Å². The largest absolute Gasteiger partial charge is 0.480 e. The summed E-state index contributed by atoms with van der Waals surface area (Å²) in [6.07, 6.45) is 0. The molecule has 0 atom stereocenters.